The molecule has 0 N–H and O–H groups in total. The van der Waals surface area contributed by atoms with Gasteiger partial charge in [-0.2, -0.15) is 13.7 Å². The van der Waals surface area contributed by atoms with Crippen LogP contribution in [0.25, 0.3) is 200 Å². The first kappa shape index (κ1) is 75.6. The van der Waals surface area contributed by atoms with Gasteiger partial charge in [-0.1, -0.05) is 301 Å². The van der Waals surface area contributed by atoms with Crippen LogP contribution in [0.3, 0.4) is 0 Å². The number of rotatable bonds is 7. The lowest BCUT2D eigenvalue weighted by Gasteiger charge is -2.26. The summed E-state index contributed by atoms with van der Waals surface area (Å²) < 4.78 is 7.20. The van der Waals surface area contributed by atoms with E-state index >= 15 is 0 Å². The van der Waals surface area contributed by atoms with E-state index in [1.54, 1.807) is 0 Å². The van der Waals surface area contributed by atoms with Gasteiger partial charge in [-0.25, -0.2) is 0 Å². The second kappa shape index (κ2) is 30.9. The van der Waals surface area contributed by atoms with Gasteiger partial charge in [-0.15, -0.1) is 0 Å². The lowest BCUT2D eigenvalue weighted by molar-refractivity contribution is -0.633. The highest BCUT2D eigenvalue weighted by Crippen LogP contribution is 2.56. The molecule has 0 saturated carbocycles. The van der Waals surface area contributed by atoms with Gasteiger partial charge in [0.05, 0.1) is 16.7 Å². The van der Waals surface area contributed by atoms with E-state index in [1.807, 2.05) is 0 Å². The number of fused-ring (bicyclic) bond motifs is 27. The van der Waals surface area contributed by atoms with E-state index in [1.165, 1.54) is 245 Å². The molecule has 3 heteroatoms. The molecule has 0 fully saturated rings. The van der Waals surface area contributed by atoms with Crippen LogP contribution in [-0.4, -0.2) is 0 Å². The van der Waals surface area contributed by atoms with E-state index in [4.69, 9.17) is 0 Å². The van der Waals surface area contributed by atoms with Crippen LogP contribution in [-0.2, 0) is 34.0 Å². The summed E-state index contributed by atoms with van der Waals surface area (Å²) in [6, 6.07) is 124. The molecule has 15 aromatic carbocycles. The Bertz CT molecular complexity index is 7140. The Balaban J connectivity index is 0.000000118. The van der Waals surface area contributed by atoms with Gasteiger partial charge in [0.25, 0.3) is 0 Å². The number of benzene rings is 15. The van der Waals surface area contributed by atoms with Gasteiger partial charge < -0.3 is 0 Å². The predicted molar refractivity (Wildman–Crippen MR) is 503 cm³/mol. The van der Waals surface area contributed by atoms with Gasteiger partial charge in [0, 0.05) is 69.2 Å². The van der Waals surface area contributed by atoms with Gasteiger partial charge in [0.1, 0.15) is 21.1 Å². The SMILES string of the molecule is Cc1cc2c(c(-c3cc(CC(C)C)c4ccccc4[n+]3C)c1C)-c1ccccc1-c1ccccc1-c1ccccc1-2.Cc1cc2c(c(-c3ccc4c(CC(C)C)cccc4[n+]3C)c1C)-c1ccccc1-c1ccccc1-c1ccccc1-2.Cc1cc2c(c(-c3ccc4ccccc4[n+]3C)c1C)-c1ccccc1-c1ccccc1-c1ccccc1-2. The molecular formula is C116H100N3+3. The normalized spacial score (nSPS) is 11.8. The van der Waals surface area contributed by atoms with Crippen molar-refractivity contribution in [3.8, 4) is 167 Å². The van der Waals surface area contributed by atoms with E-state index in [0.29, 0.717) is 11.8 Å². The molecule has 0 bridgehead atoms. The van der Waals surface area contributed by atoms with Crippen molar-refractivity contribution in [3.63, 3.8) is 0 Å². The molecule has 21 rings (SSSR count). The van der Waals surface area contributed by atoms with E-state index < -0.39 is 0 Å². The van der Waals surface area contributed by atoms with Gasteiger partial charge >= 0.3 is 0 Å². The zero-order valence-electron chi connectivity index (χ0n) is 70.7. The third-order valence-corrected chi connectivity index (χ3v) is 26.0. The molecule has 0 saturated heterocycles. The second-order valence-electron chi connectivity index (χ2n) is 34.0. The molecule has 0 aliphatic heterocycles. The highest BCUT2D eigenvalue weighted by atomic mass is 15.0. The summed E-state index contributed by atoms with van der Waals surface area (Å²) in [7, 11) is 6.68. The van der Waals surface area contributed by atoms with Crippen molar-refractivity contribution in [3.05, 3.63) is 378 Å². The molecule has 119 heavy (non-hydrogen) atoms. The molecule has 0 amide bonds. The van der Waals surface area contributed by atoms with Crippen LogP contribution in [0.4, 0.5) is 0 Å². The minimum atomic E-state index is 0.572. The van der Waals surface area contributed by atoms with Crippen molar-refractivity contribution in [2.24, 2.45) is 33.0 Å². The van der Waals surface area contributed by atoms with Gasteiger partial charge in [-0.05, 0) is 252 Å². The summed E-state index contributed by atoms with van der Waals surface area (Å²) in [5.41, 5.74) is 53.3. The van der Waals surface area contributed by atoms with Crippen LogP contribution in [0.2, 0.25) is 0 Å². The summed E-state index contributed by atoms with van der Waals surface area (Å²) >= 11 is 0. The van der Waals surface area contributed by atoms with E-state index in [-0.39, 0.29) is 0 Å². The van der Waals surface area contributed by atoms with Crippen molar-refractivity contribution < 1.29 is 13.7 Å². The lowest BCUT2D eigenvalue weighted by Crippen LogP contribution is -2.33. The van der Waals surface area contributed by atoms with E-state index in [9.17, 15) is 0 Å². The zero-order valence-corrected chi connectivity index (χ0v) is 70.7. The third-order valence-electron chi connectivity index (χ3n) is 26.0. The summed E-state index contributed by atoms with van der Waals surface area (Å²) in [5, 5.41) is 3.95. The van der Waals surface area contributed by atoms with E-state index in [0.717, 1.165) is 12.8 Å². The number of para-hydroxylation sites is 2. The van der Waals surface area contributed by atoms with Crippen molar-refractivity contribution in [2.75, 3.05) is 0 Å². The van der Waals surface area contributed by atoms with Crippen LogP contribution >= 0.6 is 0 Å². The number of nitrogens with zero attached hydrogens (tertiary/aromatic N) is 3. The molecule has 0 unspecified atom stereocenters. The molecule has 0 atom stereocenters. The fourth-order valence-corrected chi connectivity index (χ4v) is 20.0. The minimum absolute atomic E-state index is 0.572. The van der Waals surface area contributed by atoms with Crippen molar-refractivity contribution in [1.82, 2.24) is 0 Å². The van der Waals surface area contributed by atoms with Crippen LogP contribution < -0.4 is 13.7 Å². The summed E-state index contributed by atoms with van der Waals surface area (Å²) in [6.45, 7) is 22.9. The zero-order chi connectivity index (χ0) is 81.6. The molecule has 3 aromatic heterocycles. The highest BCUT2D eigenvalue weighted by molar-refractivity contribution is 6.11. The Hall–Kier alpha value is -13.5. The molecule has 3 heterocycles. The number of aryl methyl sites for hydroxylation is 6. The van der Waals surface area contributed by atoms with Crippen molar-refractivity contribution >= 4 is 32.7 Å². The number of hydrogen-bond acceptors (Lipinski definition) is 0. The Labute approximate surface area is 702 Å². The van der Waals surface area contributed by atoms with Crippen molar-refractivity contribution in [1.29, 1.82) is 0 Å². The number of hydrogen-bond donors (Lipinski definition) is 0. The number of aromatic nitrogens is 3. The maximum absolute atomic E-state index is 2.48. The topological polar surface area (TPSA) is 11.6 Å². The molecular weight excluding hydrogens is 1440 g/mol. The minimum Gasteiger partial charge on any atom is -0.194 e. The average Bonchev–Trinajstić information content (AvgIpc) is 0.731. The standard InChI is InChI=1S/2C40H36N.C36H28N/c1-25(2)22-28-24-38(41(5)37-21-13-12-14-29(28)37)39-27(4)26(3)23-36-34-19-9-8-17-32(34)30-15-6-7-16-31(30)33-18-10-11-20-35(33)40(36)39;1-25(2)23-28-13-12-20-37-29(28)21-22-38(41(37)5)39-27(4)26(3)24-36-34-18-9-8-16-32(34)30-14-6-7-15-31(30)33-17-10-11-19-35(33)40(36)39;1-23-22-32-30-17-8-7-15-28(30)26-13-5-6-14-27(26)29-16-9-10-18-31(29)36(32)35(24(23)2)34-21-20-25-12-4-11-19-33(25)37(34)3/h6-21,23-25H,22H2,1-5H3;6-22,24-25H,23H2,1-5H3;4-22H,1-3H3/q3*+1. The van der Waals surface area contributed by atoms with Crippen LogP contribution in [0.5, 0.6) is 0 Å². The summed E-state index contributed by atoms with van der Waals surface area (Å²) in [4.78, 5) is 0. The van der Waals surface area contributed by atoms with Crippen LogP contribution in [0.1, 0.15) is 72.2 Å². The van der Waals surface area contributed by atoms with Crippen LogP contribution in [0, 0.1) is 53.4 Å². The van der Waals surface area contributed by atoms with E-state index in [2.05, 4.69) is 438 Å². The Kier molecular flexibility index (Phi) is 19.6. The number of pyridine rings is 3. The van der Waals surface area contributed by atoms with Gasteiger partial charge in [0.15, 0.2) is 0 Å². The predicted octanol–water partition coefficient (Wildman–Crippen LogP) is 29.2. The average molecular weight is 1540 g/mol. The summed E-state index contributed by atoms with van der Waals surface area (Å²) in [5.74, 6) is 1.19. The molecule has 3 aliphatic carbocycles. The first-order valence-corrected chi connectivity index (χ1v) is 42.5. The molecule has 0 radical (unpaired) electrons. The first-order valence-electron chi connectivity index (χ1n) is 42.5. The molecule has 3 nitrogen and oxygen atoms in total. The molecule has 0 spiro atoms. The highest BCUT2D eigenvalue weighted by Gasteiger charge is 2.35. The molecule has 3 aliphatic rings. The third kappa shape index (κ3) is 12.9. The Morgan fingerprint density at radius 2 is 0.454 bits per heavy atom. The fraction of sp³-hybridized carbons (Fsp3) is 0.147. The monoisotopic (exact) mass is 1530 g/mol. The summed E-state index contributed by atoms with van der Waals surface area (Å²) in [6.07, 6.45) is 2.13. The van der Waals surface area contributed by atoms with Crippen LogP contribution in [0.15, 0.2) is 334 Å². The molecule has 18 aromatic rings. The van der Waals surface area contributed by atoms with Gasteiger partial charge in [0.2, 0.25) is 33.6 Å². The molecule has 576 valence electrons. The smallest absolute Gasteiger partial charge is 0.194 e. The second-order valence-corrected chi connectivity index (χ2v) is 34.0. The maximum atomic E-state index is 2.48. The van der Waals surface area contributed by atoms with Crippen molar-refractivity contribution in [2.45, 2.75) is 82.1 Å². The quantitative estimate of drug-likeness (QED) is 0.141. The van der Waals surface area contributed by atoms with Gasteiger partial charge in [-0.3, -0.25) is 0 Å². The fourth-order valence-electron chi connectivity index (χ4n) is 20.0. The Morgan fingerprint density at radius 1 is 0.202 bits per heavy atom. The first-order chi connectivity index (χ1) is 58.0. The lowest BCUT2D eigenvalue weighted by atomic mass is 9.77. The Morgan fingerprint density at radius 3 is 0.815 bits per heavy atom. The maximum Gasteiger partial charge on any atom is 0.213 e. The largest absolute Gasteiger partial charge is 0.213 e.